The number of hydrogen-bond acceptors (Lipinski definition) is 6. The van der Waals surface area contributed by atoms with Gasteiger partial charge < -0.3 is 19.5 Å². The molecule has 6 nitrogen and oxygen atoms in total. The topological polar surface area (TPSA) is 73.9 Å². The first-order chi connectivity index (χ1) is 8.15. The summed E-state index contributed by atoms with van der Waals surface area (Å²) in [7, 11) is 1.50. The minimum atomic E-state index is -0.879. The number of thiocarbonyl (C=S) groups is 1. The van der Waals surface area contributed by atoms with E-state index in [1.54, 1.807) is 0 Å². The average molecular weight is 261 g/mol. The number of allylic oxidation sites excluding steroid dienone is 1. The number of rotatable bonds is 9. The van der Waals surface area contributed by atoms with Crippen LogP contribution in [-0.4, -0.2) is 44.2 Å². The van der Waals surface area contributed by atoms with Crippen LogP contribution < -0.4 is 5.32 Å². The summed E-state index contributed by atoms with van der Waals surface area (Å²) in [5, 5.41) is 2.50. The van der Waals surface area contributed by atoms with Crippen molar-refractivity contribution in [3.8, 4) is 0 Å². The first-order valence-electron chi connectivity index (χ1n) is 4.83. The van der Waals surface area contributed by atoms with E-state index in [1.165, 1.54) is 25.7 Å². The van der Waals surface area contributed by atoms with Crippen LogP contribution in [0.25, 0.3) is 0 Å². The van der Waals surface area contributed by atoms with Crippen LogP contribution in [0.15, 0.2) is 12.0 Å². The van der Waals surface area contributed by atoms with Crippen LogP contribution in [0.2, 0.25) is 0 Å². The molecule has 0 radical (unpaired) electrons. The monoisotopic (exact) mass is 261 g/mol. The fourth-order valence-corrected chi connectivity index (χ4v) is 0.875. The average Bonchev–Trinajstić information content (AvgIpc) is 2.34. The fourth-order valence-electron chi connectivity index (χ4n) is 0.807. The lowest BCUT2D eigenvalue weighted by atomic mass is 10.4. The molecule has 1 atom stereocenters. The third kappa shape index (κ3) is 7.42. The number of esters is 1. The summed E-state index contributed by atoms with van der Waals surface area (Å²) in [5.74, 6) is -0.612. The highest BCUT2D eigenvalue weighted by molar-refractivity contribution is 7.78. The minimum absolute atomic E-state index is 0.0395. The summed E-state index contributed by atoms with van der Waals surface area (Å²) in [6, 6.07) is 0. The molecule has 0 bridgehead atoms. The Bertz CT molecular complexity index is 292. The standard InChI is InChI=1S/C10H15NO5S/c1-8(10(13)15-4-3-14-2)16-9(6-12)5-11-7-17/h5-8H,3-4H2,1-2H3,(H,11,17). The first-order valence-corrected chi connectivity index (χ1v) is 5.30. The van der Waals surface area contributed by atoms with Crippen molar-refractivity contribution in [2.24, 2.45) is 0 Å². The van der Waals surface area contributed by atoms with E-state index in [4.69, 9.17) is 14.2 Å². The maximum Gasteiger partial charge on any atom is 0.347 e. The molecule has 0 aromatic heterocycles. The van der Waals surface area contributed by atoms with E-state index in [0.717, 1.165) is 0 Å². The van der Waals surface area contributed by atoms with Gasteiger partial charge in [-0.05, 0) is 6.92 Å². The van der Waals surface area contributed by atoms with E-state index < -0.39 is 12.1 Å². The van der Waals surface area contributed by atoms with Gasteiger partial charge in [0.1, 0.15) is 6.61 Å². The Labute approximate surface area is 105 Å². The predicted octanol–water partition coefficient (Wildman–Crippen LogP) is 0.168. The molecule has 1 N–H and O–H groups in total. The van der Waals surface area contributed by atoms with Gasteiger partial charge in [-0.1, -0.05) is 12.2 Å². The molecule has 0 aliphatic heterocycles. The maximum atomic E-state index is 11.3. The van der Waals surface area contributed by atoms with Crippen molar-refractivity contribution in [3.63, 3.8) is 0 Å². The van der Waals surface area contributed by atoms with E-state index in [1.807, 2.05) is 0 Å². The highest BCUT2D eigenvalue weighted by Crippen LogP contribution is 2.01. The lowest BCUT2D eigenvalue weighted by Crippen LogP contribution is -2.25. The zero-order valence-electron chi connectivity index (χ0n) is 9.67. The van der Waals surface area contributed by atoms with Gasteiger partial charge >= 0.3 is 5.97 Å². The minimum Gasteiger partial charge on any atom is -0.474 e. The molecule has 7 heteroatoms. The lowest BCUT2D eigenvalue weighted by molar-refractivity contribution is -0.155. The maximum absolute atomic E-state index is 11.3. The Hall–Kier alpha value is -1.47. The summed E-state index contributed by atoms with van der Waals surface area (Å²) >= 11 is 4.50. The molecular formula is C10H15NO5S. The van der Waals surface area contributed by atoms with Gasteiger partial charge in [-0.15, -0.1) is 0 Å². The van der Waals surface area contributed by atoms with Crippen LogP contribution in [0, 0.1) is 0 Å². The number of aldehydes is 1. The van der Waals surface area contributed by atoms with Crippen molar-refractivity contribution < 1.29 is 23.8 Å². The van der Waals surface area contributed by atoms with Crippen molar-refractivity contribution >= 4 is 30.0 Å². The third-order valence-electron chi connectivity index (χ3n) is 1.59. The van der Waals surface area contributed by atoms with E-state index in [0.29, 0.717) is 12.9 Å². The van der Waals surface area contributed by atoms with Crippen molar-refractivity contribution in [3.05, 3.63) is 12.0 Å². The van der Waals surface area contributed by atoms with Gasteiger partial charge in [0, 0.05) is 13.3 Å². The van der Waals surface area contributed by atoms with Gasteiger partial charge in [-0.25, -0.2) is 4.79 Å². The second-order valence-corrected chi connectivity index (χ2v) is 3.11. The zero-order chi connectivity index (χ0) is 13.1. The van der Waals surface area contributed by atoms with Gasteiger partial charge in [0.15, 0.2) is 18.1 Å². The van der Waals surface area contributed by atoms with Crippen LogP contribution in [0.5, 0.6) is 0 Å². The van der Waals surface area contributed by atoms with Gasteiger partial charge in [0.25, 0.3) is 0 Å². The quantitative estimate of drug-likeness (QED) is 0.158. The largest absolute Gasteiger partial charge is 0.474 e. The molecule has 0 heterocycles. The number of carbonyl (C=O) groups excluding carboxylic acids is 2. The summed E-state index contributed by atoms with van der Waals surface area (Å²) in [6.07, 6.45) is 0.833. The molecule has 17 heavy (non-hydrogen) atoms. The van der Waals surface area contributed by atoms with Crippen LogP contribution in [0.4, 0.5) is 0 Å². The fraction of sp³-hybridized carbons (Fsp3) is 0.500. The van der Waals surface area contributed by atoms with Crippen LogP contribution in [0.3, 0.4) is 0 Å². The summed E-state index contributed by atoms with van der Waals surface area (Å²) in [6.45, 7) is 1.92. The van der Waals surface area contributed by atoms with E-state index in [2.05, 4.69) is 17.5 Å². The Kier molecular flexibility index (Phi) is 8.89. The van der Waals surface area contributed by atoms with Crippen molar-refractivity contribution in [1.82, 2.24) is 5.32 Å². The highest BCUT2D eigenvalue weighted by Gasteiger charge is 2.16. The Morgan fingerprint density at radius 1 is 1.47 bits per heavy atom. The number of methoxy groups -OCH3 is 1. The van der Waals surface area contributed by atoms with Crippen LogP contribution >= 0.6 is 12.2 Å². The normalized spacial score (nSPS) is 12.5. The first kappa shape index (κ1) is 15.5. The van der Waals surface area contributed by atoms with E-state index in [9.17, 15) is 9.59 Å². The molecule has 0 rings (SSSR count). The number of carbonyl (C=O) groups is 2. The Morgan fingerprint density at radius 2 is 2.18 bits per heavy atom. The molecule has 0 spiro atoms. The van der Waals surface area contributed by atoms with Gasteiger partial charge in [-0.3, -0.25) is 4.79 Å². The number of ether oxygens (including phenoxy) is 3. The van der Waals surface area contributed by atoms with Crippen LogP contribution in [0.1, 0.15) is 6.92 Å². The van der Waals surface area contributed by atoms with Crippen molar-refractivity contribution in [2.75, 3.05) is 20.3 Å². The summed E-state index contributed by atoms with van der Waals surface area (Å²) in [4.78, 5) is 21.9. The van der Waals surface area contributed by atoms with E-state index in [-0.39, 0.29) is 12.4 Å². The molecular weight excluding hydrogens is 246 g/mol. The summed E-state index contributed by atoms with van der Waals surface area (Å²) in [5.41, 5.74) is 1.20. The molecule has 0 aromatic carbocycles. The highest BCUT2D eigenvalue weighted by atomic mass is 32.1. The third-order valence-corrected chi connectivity index (χ3v) is 1.72. The smallest absolute Gasteiger partial charge is 0.347 e. The van der Waals surface area contributed by atoms with E-state index >= 15 is 0 Å². The summed E-state index contributed by atoms with van der Waals surface area (Å²) < 4.78 is 14.6. The van der Waals surface area contributed by atoms with Crippen molar-refractivity contribution in [2.45, 2.75) is 13.0 Å². The second-order valence-electron chi connectivity index (χ2n) is 2.87. The molecule has 0 amide bonds. The lowest BCUT2D eigenvalue weighted by Gasteiger charge is -2.13. The molecule has 1 unspecified atom stereocenters. The molecule has 96 valence electrons. The Balaban J connectivity index is 4.11. The molecule has 0 saturated carbocycles. The van der Waals surface area contributed by atoms with Gasteiger partial charge in [0.2, 0.25) is 0 Å². The molecule has 0 aliphatic carbocycles. The second kappa shape index (κ2) is 9.73. The number of nitrogens with one attached hydrogen (secondary N) is 1. The van der Waals surface area contributed by atoms with Crippen molar-refractivity contribution in [1.29, 1.82) is 0 Å². The molecule has 0 aromatic rings. The number of hydrogen-bond donors (Lipinski definition) is 1. The Morgan fingerprint density at radius 3 is 2.71 bits per heavy atom. The van der Waals surface area contributed by atoms with Crippen LogP contribution in [-0.2, 0) is 23.8 Å². The van der Waals surface area contributed by atoms with Gasteiger partial charge in [0.05, 0.1) is 12.1 Å². The molecule has 0 aliphatic rings. The molecule has 0 fully saturated rings. The van der Waals surface area contributed by atoms with Gasteiger partial charge in [-0.2, -0.15) is 0 Å². The molecule has 0 saturated heterocycles. The zero-order valence-corrected chi connectivity index (χ0v) is 10.5. The SMILES string of the molecule is COCCOC(=O)C(C)OC(C=O)=CNC=S. The predicted molar refractivity (Wildman–Crippen MR) is 64.3 cm³/mol.